The molecule has 80 heavy (non-hydrogen) atoms. The first-order valence-electron chi connectivity index (χ1n) is 25.2. The number of Topliss-reactive ketones (excluding diaryl/α,β-unsaturated/α-hetero) is 2. The maximum atomic E-state index is 15.1. The molecule has 28 heteroatoms. The van der Waals surface area contributed by atoms with Crippen molar-refractivity contribution in [3.05, 3.63) is 108 Å². The SMILES string of the molecule is CC(=O)NC[C@H]1CN(c2ccc(N3CCN(C(=O)CCC(=O)c4ccc(NS(C)(=O)=O)cc4)CC3)c(F)c2)C(=O)O1.CS(=O)(=O)Nc1ccc(C(=O)CCC(=O)N2CCN(c3ccc(N4C[C@H](CN)OC4=O)cc3F)CC2)cc1.Cl. The number of hydrogen-bond donors (Lipinski definition) is 4. The van der Waals surface area contributed by atoms with Crippen molar-refractivity contribution < 1.29 is 68.7 Å². The van der Waals surface area contributed by atoms with Gasteiger partial charge in [0.15, 0.2) is 11.6 Å². The highest BCUT2D eigenvalue weighted by Crippen LogP contribution is 2.31. The lowest BCUT2D eigenvalue weighted by molar-refractivity contribution is -0.132. The minimum atomic E-state index is -3.42. The molecule has 0 unspecified atom stereocenters. The molecule has 4 aromatic carbocycles. The summed E-state index contributed by atoms with van der Waals surface area (Å²) in [6, 6.07) is 21.1. The van der Waals surface area contributed by atoms with Gasteiger partial charge in [0.05, 0.1) is 54.9 Å². The largest absolute Gasteiger partial charge is 0.443 e. The zero-order valence-corrected chi connectivity index (χ0v) is 46.5. The number of piperazine rings is 2. The number of nitrogens with two attached hydrogens (primary N) is 1. The topological polar surface area (TPSA) is 288 Å². The molecule has 4 fully saturated rings. The molecule has 2 atom stereocenters. The van der Waals surface area contributed by atoms with E-state index in [-0.39, 0.29) is 93.6 Å². The minimum Gasteiger partial charge on any atom is -0.443 e. The lowest BCUT2D eigenvalue weighted by Crippen LogP contribution is -2.49. The molecule has 23 nitrogen and oxygen atoms in total. The van der Waals surface area contributed by atoms with Crippen LogP contribution in [0, 0.1) is 11.6 Å². The van der Waals surface area contributed by atoms with Gasteiger partial charge in [-0.25, -0.2) is 35.2 Å². The number of halogens is 3. The fourth-order valence-electron chi connectivity index (χ4n) is 9.11. The number of nitrogens with zero attached hydrogens (tertiary/aromatic N) is 6. The van der Waals surface area contributed by atoms with Crippen LogP contribution in [0.25, 0.3) is 0 Å². The van der Waals surface area contributed by atoms with E-state index in [2.05, 4.69) is 14.8 Å². The quantitative estimate of drug-likeness (QED) is 0.0958. The van der Waals surface area contributed by atoms with Crippen LogP contribution < -0.4 is 40.1 Å². The van der Waals surface area contributed by atoms with E-state index in [0.29, 0.717) is 97.6 Å². The molecule has 4 heterocycles. The van der Waals surface area contributed by atoms with E-state index >= 15 is 4.39 Å². The monoisotopic (exact) mass is 1170 g/mol. The summed E-state index contributed by atoms with van der Waals surface area (Å²) in [7, 11) is -6.83. The van der Waals surface area contributed by atoms with E-state index in [1.807, 2.05) is 9.80 Å². The van der Waals surface area contributed by atoms with Crippen molar-refractivity contribution in [2.45, 2.75) is 44.8 Å². The van der Waals surface area contributed by atoms with Gasteiger partial charge in [0, 0.05) is 114 Å². The van der Waals surface area contributed by atoms with Gasteiger partial charge in [0.25, 0.3) is 0 Å². The second kappa shape index (κ2) is 27.0. The normalized spacial score (nSPS) is 17.4. The summed E-state index contributed by atoms with van der Waals surface area (Å²) in [5, 5.41) is 2.60. The highest BCUT2D eigenvalue weighted by Gasteiger charge is 2.35. The molecule has 4 saturated heterocycles. The molecule has 0 aliphatic carbocycles. The van der Waals surface area contributed by atoms with Crippen LogP contribution >= 0.6 is 12.4 Å². The molecule has 5 N–H and O–H groups in total. The van der Waals surface area contributed by atoms with E-state index in [4.69, 9.17) is 15.2 Å². The van der Waals surface area contributed by atoms with E-state index in [9.17, 15) is 54.8 Å². The molecule has 0 aromatic heterocycles. The Hall–Kier alpha value is -7.62. The lowest BCUT2D eigenvalue weighted by Gasteiger charge is -2.36. The van der Waals surface area contributed by atoms with Crippen molar-refractivity contribution in [1.29, 1.82) is 0 Å². The van der Waals surface area contributed by atoms with Crippen LogP contribution in [-0.2, 0) is 43.9 Å². The first-order chi connectivity index (χ1) is 37.4. The van der Waals surface area contributed by atoms with Gasteiger partial charge >= 0.3 is 12.2 Å². The van der Waals surface area contributed by atoms with Crippen LogP contribution in [0.3, 0.4) is 0 Å². The summed E-state index contributed by atoms with van der Waals surface area (Å²) in [5.41, 5.74) is 8.50. The van der Waals surface area contributed by atoms with Gasteiger partial charge in [0.1, 0.15) is 23.8 Å². The molecular weight excluding hydrogens is 1110 g/mol. The number of sulfonamides is 2. The summed E-state index contributed by atoms with van der Waals surface area (Å²) in [6.07, 6.45) is 0.0632. The molecule has 4 aliphatic rings. The predicted octanol–water partition coefficient (Wildman–Crippen LogP) is 4.18. The number of carbonyl (C=O) groups excluding carboxylic acids is 7. The number of anilines is 6. The number of benzene rings is 4. The van der Waals surface area contributed by atoms with Gasteiger partial charge < -0.3 is 40.1 Å². The molecular formula is C52H63ClF2N10O13S2. The summed E-state index contributed by atoms with van der Waals surface area (Å²) < 4.78 is 90.2. The average molecular weight is 1170 g/mol. The number of rotatable bonds is 19. The number of ether oxygens (including phenoxy) is 2. The van der Waals surface area contributed by atoms with Crippen molar-refractivity contribution in [2.24, 2.45) is 5.73 Å². The second-order valence-electron chi connectivity index (χ2n) is 19.2. The molecule has 0 radical (unpaired) electrons. The zero-order valence-electron chi connectivity index (χ0n) is 44.1. The molecule has 432 valence electrons. The molecule has 8 rings (SSSR count). The van der Waals surface area contributed by atoms with Crippen LogP contribution in [-0.4, -0.2) is 171 Å². The molecule has 4 aliphatic heterocycles. The number of carbonyl (C=O) groups is 7. The molecule has 5 amide bonds. The maximum absolute atomic E-state index is 15.1. The number of amides is 5. The zero-order chi connectivity index (χ0) is 57.2. The third-order valence-corrected chi connectivity index (χ3v) is 14.4. The van der Waals surface area contributed by atoms with Gasteiger partial charge in [-0.05, 0) is 84.9 Å². The van der Waals surface area contributed by atoms with Gasteiger partial charge in [0.2, 0.25) is 37.8 Å². The Balaban J connectivity index is 0.000000256. The highest BCUT2D eigenvalue weighted by atomic mass is 35.5. The first kappa shape index (κ1) is 61.6. The van der Waals surface area contributed by atoms with E-state index in [1.165, 1.54) is 77.4 Å². The Morgan fingerprint density at radius 2 is 0.950 bits per heavy atom. The van der Waals surface area contributed by atoms with Crippen molar-refractivity contribution in [1.82, 2.24) is 15.1 Å². The lowest BCUT2D eigenvalue weighted by atomic mass is 10.1. The molecule has 0 spiro atoms. The van der Waals surface area contributed by atoms with Crippen molar-refractivity contribution in [2.75, 3.05) is 120 Å². The Labute approximate surface area is 468 Å². The Kier molecular flexibility index (Phi) is 20.8. The van der Waals surface area contributed by atoms with Gasteiger partial charge in [-0.15, -0.1) is 12.4 Å². The molecule has 4 aromatic rings. The van der Waals surface area contributed by atoms with E-state index in [1.54, 1.807) is 34.1 Å². The van der Waals surface area contributed by atoms with Crippen LogP contribution in [0.2, 0.25) is 0 Å². The summed E-state index contributed by atoms with van der Waals surface area (Å²) >= 11 is 0. The predicted molar refractivity (Wildman–Crippen MR) is 298 cm³/mol. The van der Waals surface area contributed by atoms with Crippen LogP contribution in [0.4, 0.5) is 52.5 Å². The standard InChI is InChI=1S/C27H32FN5O7S.C25H30FN5O6S.ClH/c1-18(34)29-16-22-17-33(27(37)40-22)21-7-8-24(23(28)15-21)31-11-13-32(14-12-31)26(36)10-9-25(35)19-3-5-20(6-4-19)30-41(2,38)39;1-38(35,36)28-18-4-2-17(3-5-18)23(32)8-9-24(33)30-12-10-29(11-13-30)22-7-6-19(14-21(22)26)31-16-20(15-27)37-25(31)34;/h3-8,15,22,30H,9-14,16-17H2,1-2H3,(H,29,34);2-7,14,20,28H,8-13,15-16,27H2,1H3;1H/t22-;20-;/m00./s1. The first-order valence-corrected chi connectivity index (χ1v) is 29.0. The number of ketones is 2. The van der Waals surface area contributed by atoms with Crippen LogP contribution in [0.5, 0.6) is 0 Å². The highest BCUT2D eigenvalue weighted by molar-refractivity contribution is 7.92. The van der Waals surface area contributed by atoms with Crippen molar-refractivity contribution in [3.63, 3.8) is 0 Å². The van der Waals surface area contributed by atoms with Crippen molar-refractivity contribution in [3.8, 4) is 0 Å². The fraction of sp³-hybridized carbons (Fsp3) is 0.404. The van der Waals surface area contributed by atoms with Crippen LogP contribution in [0.1, 0.15) is 53.3 Å². The second-order valence-corrected chi connectivity index (χ2v) is 22.7. The fourth-order valence-corrected chi connectivity index (χ4v) is 10.2. The van der Waals surface area contributed by atoms with Crippen molar-refractivity contribution >= 4 is 108 Å². The number of cyclic esters (lactones) is 2. The van der Waals surface area contributed by atoms with Crippen LogP contribution in [0.15, 0.2) is 84.9 Å². The average Bonchev–Trinajstić information content (AvgIpc) is 4.00. The van der Waals surface area contributed by atoms with Gasteiger partial charge in [-0.2, -0.15) is 0 Å². The van der Waals surface area contributed by atoms with Gasteiger partial charge in [-0.1, -0.05) is 0 Å². The Morgan fingerprint density at radius 3 is 1.29 bits per heavy atom. The summed E-state index contributed by atoms with van der Waals surface area (Å²) in [4.78, 5) is 95.4. The minimum absolute atomic E-state index is 0. The van der Waals surface area contributed by atoms with E-state index < -0.39 is 56.1 Å². The molecule has 0 saturated carbocycles. The third-order valence-electron chi connectivity index (χ3n) is 13.2. The number of nitrogens with one attached hydrogen (secondary N) is 3. The summed E-state index contributed by atoms with van der Waals surface area (Å²) in [5.74, 6) is -2.01. The summed E-state index contributed by atoms with van der Waals surface area (Å²) in [6.45, 7) is 5.33. The Bertz CT molecular complexity index is 3170. The smallest absolute Gasteiger partial charge is 0.414 e. The maximum Gasteiger partial charge on any atom is 0.414 e. The van der Waals surface area contributed by atoms with Gasteiger partial charge in [-0.3, -0.25) is 43.2 Å². The molecule has 0 bridgehead atoms. The van der Waals surface area contributed by atoms with E-state index in [0.717, 1.165) is 12.5 Å². The number of hydrogen-bond acceptors (Lipinski definition) is 16. The Morgan fingerprint density at radius 1 is 0.575 bits per heavy atom. The third kappa shape index (κ3) is 16.9.